The number of nitro groups is 1. The van der Waals surface area contributed by atoms with Crippen molar-refractivity contribution in [1.29, 1.82) is 0 Å². The van der Waals surface area contributed by atoms with Crippen LogP contribution in [0.1, 0.15) is 30.1 Å². The van der Waals surface area contributed by atoms with E-state index in [0.29, 0.717) is 5.92 Å². The van der Waals surface area contributed by atoms with Crippen molar-refractivity contribution in [2.24, 2.45) is 5.92 Å². The minimum Gasteiger partial charge on any atom is -0.349 e. The summed E-state index contributed by atoms with van der Waals surface area (Å²) in [5.74, 6) is 0.120. The third kappa shape index (κ3) is 2.43. The molecule has 0 radical (unpaired) electrons. The fourth-order valence-electron chi connectivity index (χ4n) is 2.07. The molecule has 0 saturated heterocycles. The average Bonchev–Trinajstić information content (AvgIpc) is 2.26. The van der Waals surface area contributed by atoms with Gasteiger partial charge < -0.3 is 5.32 Å². The van der Waals surface area contributed by atoms with Gasteiger partial charge in [0.1, 0.15) is 5.56 Å². The van der Waals surface area contributed by atoms with Gasteiger partial charge in [-0.1, -0.05) is 18.5 Å². The number of nitrogens with one attached hydrogen (secondary N) is 1. The van der Waals surface area contributed by atoms with E-state index in [0.717, 1.165) is 12.8 Å². The van der Waals surface area contributed by atoms with E-state index in [1.54, 1.807) is 0 Å². The van der Waals surface area contributed by atoms with E-state index in [-0.39, 0.29) is 16.8 Å². The summed E-state index contributed by atoms with van der Waals surface area (Å²) in [6, 6.07) is 1.40. The molecule has 96 valence electrons. The van der Waals surface area contributed by atoms with Crippen LogP contribution >= 0.6 is 11.6 Å². The molecule has 0 bridgehead atoms. The van der Waals surface area contributed by atoms with E-state index in [9.17, 15) is 14.9 Å². The Balaban J connectivity index is 2.19. The number of pyridine rings is 1. The van der Waals surface area contributed by atoms with Crippen LogP contribution in [0.15, 0.2) is 12.3 Å². The SMILES string of the molecule is CC1CC(NC(=O)c2ccnc(Cl)c2[N+](=O)[O-])C1. The Morgan fingerprint density at radius 1 is 1.61 bits per heavy atom. The molecule has 1 amide bonds. The summed E-state index contributed by atoms with van der Waals surface area (Å²) in [5, 5.41) is 13.4. The summed E-state index contributed by atoms with van der Waals surface area (Å²) in [5.41, 5.74) is -0.483. The number of carbonyl (C=O) groups excluding carboxylic acids is 1. The predicted molar refractivity (Wildman–Crippen MR) is 65.6 cm³/mol. The van der Waals surface area contributed by atoms with Crippen molar-refractivity contribution >= 4 is 23.2 Å². The average molecular weight is 270 g/mol. The van der Waals surface area contributed by atoms with E-state index < -0.39 is 16.5 Å². The molecule has 0 atom stereocenters. The highest BCUT2D eigenvalue weighted by molar-refractivity contribution is 6.32. The molecule has 1 aliphatic rings. The highest BCUT2D eigenvalue weighted by Gasteiger charge is 2.30. The maximum atomic E-state index is 11.9. The lowest BCUT2D eigenvalue weighted by Gasteiger charge is -2.33. The quantitative estimate of drug-likeness (QED) is 0.518. The normalized spacial score (nSPS) is 22.1. The van der Waals surface area contributed by atoms with Crippen molar-refractivity contribution in [2.75, 3.05) is 0 Å². The monoisotopic (exact) mass is 269 g/mol. The third-order valence-electron chi connectivity index (χ3n) is 3.02. The summed E-state index contributed by atoms with van der Waals surface area (Å²) < 4.78 is 0. The molecule has 0 spiro atoms. The molecule has 0 aromatic carbocycles. The van der Waals surface area contributed by atoms with Gasteiger partial charge in [-0.3, -0.25) is 14.9 Å². The minimum atomic E-state index is -0.687. The van der Waals surface area contributed by atoms with Crippen LogP contribution in [0.2, 0.25) is 5.15 Å². The smallest absolute Gasteiger partial charge is 0.319 e. The Kier molecular flexibility index (Phi) is 3.47. The topological polar surface area (TPSA) is 85.1 Å². The van der Waals surface area contributed by atoms with E-state index in [1.165, 1.54) is 12.3 Å². The van der Waals surface area contributed by atoms with Gasteiger partial charge >= 0.3 is 5.69 Å². The van der Waals surface area contributed by atoms with Gasteiger partial charge in [0, 0.05) is 12.2 Å². The zero-order valence-corrected chi connectivity index (χ0v) is 10.5. The van der Waals surface area contributed by atoms with E-state index in [1.807, 2.05) is 0 Å². The number of hydrogen-bond donors (Lipinski definition) is 1. The molecule has 0 aliphatic heterocycles. The Labute approximate surface area is 109 Å². The summed E-state index contributed by atoms with van der Waals surface area (Å²) in [6.45, 7) is 2.09. The molecule has 1 aromatic heterocycles. The van der Waals surface area contributed by atoms with Crippen LogP contribution in [0.4, 0.5) is 5.69 Å². The number of amides is 1. The van der Waals surface area contributed by atoms with Gasteiger partial charge in [0.15, 0.2) is 0 Å². The molecular weight excluding hydrogens is 258 g/mol. The Morgan fingerprint density at radius 2 is 2.28 bits per heavy atom. The fourth-order valence-corrected chi connectivity index (χ4v) is 2.30. The molecule has 1 heterocycles. The maximum Gasteiger partial charge on any atom is 0.319 e. The van der Waals surface area contributed by atoms with Gasteiger partial charge in [-0.2, -0.15) is 0 Å². The molecule has 7 heteroatoms. The lowest BCUT2D eigenvalue weighted by molar-refractivity contribution is -0.385. The lowest BCUT2D eigenvalue weighted by Crippen LogP contribution is -2.43. The lowest BCUT2D eigenvalue weighted by atomic mass is 9.82. The minimum absolute atomic E-state index is 0.0421. The summed E-state index contributed by atoms with van der Waals surface area (Å²) in [4.78, 5) is 25.7. The number of hydrogen-bond acceptors (Lipinski definition) is 4. The number of halogens is 1. The molecule has 1 saturated carbocycles. The standard InChI is InChI=1S/C11H12ClN3O3/c1-6-4-7(5-6)14-11(16)8-2-3-13-10(12)9(8)15(17)18/h2-3,6-7H,4-5H2,1H3,(H,14,16). The highest BCUT2D eigenvalue weighted by atomic mass is 35.5. The molecule has 1 aromatic rings. The van der Waals surface area contributed by atoms with E-state index in [4.69, 9.17) is 11.6 Å². The zero-order valence-electron chi connectivity index (χ0n) is 9.72. The summed E-state index contributed by atoms with van der Waals surface area (Å²) in [6.07, 6.45) is 3.09. The van der Waals surface area contributed by atoms with Crippen molar-refractivity contribution in [3.63, 3.8) is 0 Å². The van der Waals surface area contributed by atoms with Crippen molar-refractivity contribution in [1.82, 2.24) is 10.3 Å². The van der Waals surface area contributed by atoms with Crippen LogP contribution in [0, 0.1) is 16.0 Å². The number of aromatic nitrogens is 1. The van der Waals surface area contributed by atoms with Crippen molar-refractivity contribution < 1.29 is 9.72 Å². The first kappa shape index (κ1) is 12.8. The fraction of sp³-hybridized carbons (Fsp3) is 0.455. The van der Waals surface area contributed by atoms with Gasteiger partial charge in [-0.15, -0.1) is 0 Å². The Hall–Kier alpha value is -1.69. The second-order valence-corrected chi connectivity index (χ2v) is 4.86. The maximum absolute atomic E-state index is 11.9. The summed E-state index contributed by atoms with van der Waals surface area (Å²) >= 11 is 5.64. The number of rotatable bonds is 3. The van der Waals surface area contributed by atoms with Gasteiger partial charge in [-0.05, 0) is 24.8 Å². The second-order valence-electron chi connectivity index (χ2n) is 4.50. The van der Waals surface area contributed by atoms with Crippen molar-refractivity contribution in [3.05, 3.63) is 33.1 Å². The molecule has 2 rings (SSSR count). The van der Waals surface area contributed by atoms with Crippen molar-refractivity contribution in [2.45, 2.75) is 25.8 Å². The molecule has 1 fully saturated rings. The first-order chi connectivity index (χ1) is 8.49. The van der Waals surface area contributed by atoms with Crippen LogP contribution < -0.4 is 5.32 Å². The van der Waals surface area contributed by atoms with Gasteiger partial charge in [0.05, 0.1) is 4.92 Å². The van der Waals surface area contributed by atoms with E-state index in [2.05, 4.69) is 17.2 Å². The van der Waals surface area contributed by atoms with Gasteiger partial charge in [-0.25, -0.2) is 4.98 Å². The van der Waals surface area contributed by atoms with Crippen LogP contribution in [-0.4, -0.2) is 21.9 Å². The van der Waals surface area contributed by atoms with Crippen LogP contribution in [0.25, 0.3) is 0 Å². The molecule has 0 unspecified atom stereocenters. The van der Waals surface area contributed by atoms with Crippen molar-refractivity contribution in [3.8, 4) is 0 Å². The van der Waals surface area contributed by atoms with Gasteiger partial charge in [0.2, 0.25) is 5.15 Å². The molecule has 18 heavy (non-hydrogen) atoms. The molecule has 1 N–H and O–H groups in total. The Bertz CT molecular complexity index is 500. The third-order valence-corrected chi connectivity index (χ3v) is 3.29. The zero-order chi connectivity index (χ0) is 13.3. The Morgan fingerprint density at radius 3 is 2.83 bits per heavy atom. The molecule has 6 nitrogen and oxygen atoms in total. The predicted octanol–water partition coefficient (Wildman–Crippen LogP) is 2.17. The van der Waals surface area contributed by atoms with Crippen LogP contribution in [0.3, 0.4) is 0 Å². The molecular formula is C11H12ClN3O3. The van der Waals surface area contributed by atoms with Gasteiger partial charge in [0.25, 0.3) is 5.91 Å². The van der Waals surface area contributed by atoms with Crippen LogP contribution in [0.5, 0.6) is 0 Å². The van der Waals surface area contributed by atoms with E-state index >= 15 is 0 Å². The highest BCUT2D eigenvalue weighted by Crippen LogP contribution is 2.29. The number of carbonyl (C=O) groups is 1. The van der Waals surface area contributed by atoms with Crippen LogP contribution in [-0.2, 0) is 0 Å². The number of nitrogens with zero attached hydrogens (tertiary/aromatic N) is 2. The second kappa shape index (κ2) is 4.89. The first-order valence-electron chi connectivity index (χ1n) is 5.58. The largest absolute Gasteiger partial charge is 0.349 e. The summed E-state index contributed by atoms with van der Waals surface area (Å²) in [7, 11) is 0. The first-order valence-corrected chi connectivity index (χ1v) is 5.96. The molecule has 1 aliphatic carbocycles.